The van der Waals surface area contributed by atoms with Crippen LogP contribution in [-0.2, 0) is 73.6 Å². The van der Waals surface area contributed by atoms with E-state index in [9.17, 15) is 58.5 Å². The van der Waals surface area contributed by atoms with Crippen LogP contribution in [0.2, 0.25) is 5.02 Å². The SMILES string of the molecule is CNCCCC[C@@H]1NC(=O)[C@@H](Cc2ccc(C(N)=O)cc2)NC(=O)[C@H](Cc2ccc(O)cc2)CC(=O)[C@H](NC(=O)[C@@H](CC(=O)CCC(N)=O)Cc2ccc(Cl)cc2)CSSC[C@@H](C(=O)N[C@H](Cc2ccc(O)cc2)C(N)=O)NC(=O)[C@H]([C@@H](C)O)NC1=O. The summed E-state index contributed by atoms with van der Waals surface area (Å²) in [5.41, 5.74) is 18.7. The molecule has 468 valence electrons. The maximum absolute atomic E-state index is 15.1. The van der Waals surface area contributed by atoms with Gasteiger partial charge in [0.15, 0.2) is 5.78 Å². The van der Waals surface area contributed by atoms with E-state index in [4.69, 9.17) is 28.8 Å². The quantitative estimate of drug-likeness (QED) is 0.0326. The summed E-state index contributed by atoms with van der Waals surface area (Å²) in [4.78, 5) is 153. The molecule has 16 N–H and O–H groups in total. The first-order valence-electron chi connectivity index (χ1n) is 28.1. The molecule has 1 heterocycles. The highest BCUT2D eigenvalue weighted by Gasteiger charge is 2.37. The fraction of sp³-hybridized carbons (Fsp3) is 0.417. The van der Waals surface area contributed by atoms with Crippen molar-refractivity contribution in [2.24, 2.45) is 29.0 Å². The predicted octanol–water partition coefficient (Wildman–Crippen LogP) is 1.10. The number of unbranched alkanes of at least 4 members (excludes halogenated alkanes) is 1. The number of aliphatic hydroxyl groups excluding tert-OH is 1. The van der Waals surface area contributed by atoms with Crippen molar-refractivity contribution in [1.82, 2.24) is 37.2 Å². The van der Waals surface area contributed by atoms with Crippen LogP contribution in [0.15, 0.2) is 97.1 Å². The number of benzene rings is 4. The number of phenolic OH excluding ortho intramolecular Hbond substituents is 2. The summed E-state index contributed by atoms with van der Waals surface area (Å²) < 4.78 is 0. The summed E-state index contributed by atoms with van der Waals surface area (Å²) in [6, 6.07) is 14.7. The second kappa shape index (κ2) is 34.9. The van der Waals surface area contributed by atoms with Gasteiger partial charge in [-0.25, -0.2) is 0 Å². The van der Waals surface area contributed by atoms with Crippen LogP contribution in [0.25, 0.3) is 0 Å². The van der Waals surface area contributed by atoms with Gasteiger partial charge in [-0.15, -0.1) is 0 Å². The number of aromatic hydroxyl groups is 2. The minimum Gasteiger partial charge on any atom is -0.508 e. The molecule has 0 spiro atoms. The lowest BCUT2D eigenvalue weighted by Gasteiger charge is -2.29. The highest BCUT2D eigenvalue weighted by molar-refractivity contribution is 8.76. The molecule has 87 heavy (non-hydrogen) atoms. The Morgan fingerprint density at radius 1 is 0.667 bits per heavy atom. The number of nitrogens with two attached hydrogens (primary N) is 3. The van der Waals surface area contributed by atoms with E-state index >= 15 is 9.59 Å². The summed E-state index contributed by atoms with van der Waals surface area (Å²) in [7, 11) is 3.60. The molecule has 1 fully saturated rings. The molecule has 0 aromatic heterocycles. The van der Waals surface area contributed by atoms with Crippen molar-refractivity contribution in [1.29, 1.82) is 0 Å². The number of ketones is 2. The van der Waals surface area contributed by atoms with Crippen molar-refractivity contribution in [2.45, 2.75) is 120 Å². The minimum absolute atomic E-state index is 0.0248. The van der Waals surface area contributed by atoms with Gasteiger partial charge in [0.25, 0.3) is 0 Å². The topological polar surface area (TPSA) is 411 Å². The highest BCUT2D eigenvalue weighted by Crippen LogP contribution is 2.27. The van der Waals surface area contributed by atoms with Crippen LogP contribution < -0.4 is 54.4 Å². The van der Waals surface area contributed by atoms with E-state index in [1.165, 1.54) is 79.7 Å². The molecule has 4 aromatic rings. The number of rotatable bonds is 25. The maximum Gasteiger partial charge on any atom is 0.248 e. The third kappa shape index (κ3) is 23.6. The van der Waals surface area contributed by atoms with Crippen LogP contribution in [-0.4, -0.2) is 148 Å². The number of Topliss-reactive ketones (excluding diaryl/α,β-unsaturated/α-hetero) is 2. The molecule has 27 heteroatoms. The molecule has 0 radical (unpaired) electrons. The van der Waals surface area contributed by atoms with E-state index in [-0.39, 0.29) is 79.9 Å². The molecule has 1 saturated heterocycles. The van der Waals surface area contributed by atoms with Crippen LogP contribution in [0, 0.1) is 11.8 Å². The number of hydrogen-bond donors (Lipinski definition) is 13. The molecular formula is C60H75ClN10O14S2. The van der Waals surface area contributed by atoms with E-state index in [0.29, 0.717) is 46.7 Å². The van der Waals surface area contributed by atoms with E-state index in [2.05, 4.69) is 37.2 Å². The number of primary amides is 3. The first-order chi connectivity index (χ1) is 41.4. The monoisotopic (exact) mass is 1260 g/mol. The Hall–Kier alpha value is -8.04. The van der Waals surface area contributed by atoms with E-state index in [0.717, 1.165) is 21.6 Å². The normalized spacial score (nSPS) is 20.2. The van der Waals surface area contributed by atoms with Crippen LogP contribution >= 0.6 is 33.2 Å². The molecule has 0 bridgehead atoms. The predicted molar refractivity (Wildman–Crippen MR) is 327 cm³/mol. The standard InChI is InChI=1S/C60H75ClN10O14S2/c1-33(72)52-60(85)70-49(59(84)67-46(54(64)79)27-37-12-20-43(74)21-13-37)32-87-86-31-48(69-55(80)39(29-44(75)22-23-51(62)77)25-34-8-16-41(61)17-9-34)50(76)30-40(26-35-10-18-42(73)19-11-35)56(81)68-47(28-36-6-14-38(15-7-36)53(63)78)58(83)66-45(57(82)71-52)5-3-4-24-65-2/h6-21,33,39-40,45-49,52,65,72-74H,3-5,22-32H2,1-2H3,(H2,62,77)(H2,63,78)(H2,64,79)(H,66,83)(H,67,84)(H,68,81)(H,69,80)(H,70,85)(H,71,82)/t33-,39-,40-,45+,46-,47-,48-,49+,52+/m1/s1. The number of aliphatic hydroxyl groups is 1. The average molecular weight is 1260 g/mol. The Kier molecular flexibility index (Phi) is 28.0. The third-order valence-electron chi connectivity index (χ3n) is 14.2. The van der Waals surface area contributed by atoms with Gasteiger partial charge >= 0.3 is 0 Å². The number of amides is 9. The Morgan fingerprint density at radius 2 is 1.23 bits per heavy atom. The number of carbonyl (C=O) groups excluding carboxylic acids is 11. The summed E-state index contributed by atoms with van der Waals surface area (Å²) in [6.07, 6.45) is -2.95. The molecule has 0 aliphatic carbocycles. The van der Waals surface area contributed by atoms with Gasteiger partial charge in [-0.3, -0.25) is 52.7 Å². The molecule has 4 aromatic carbocycles. The molecule has 9 amide bonds. The first kappa shape index (κ1) is 69.7. The smallest absolute Gasteiger partial charge is 0.248 e. The van der Waals surface area contributed by atoms with E-state index in [1.54, 1.807) is 31.3 Å². The van der Waals surface area contributed by atoms with Crippen molar-refractivity contribution in [3.05, 3.63) is 130 Å². The van der Waals surface area contributed by atoms with Gasteiger partial charge in [0.2, 0.25) is 53.2 Å². The number of hydrogen-bond acceptors (Lipinski definition) is 17. The Morgan fingerprint density at radius 3 is 1.83 bits per heavy atom. The zero-order valence-corrected chi connectivity index (χ0v) is 50.5. The second-order valence-corrected chi connectivity index (χ2v) is 24.2. The number of nitrogens with one attached hydrogen (secondary N) is 7. The lowest BCUT2D eigenvalue weighted by Crippen LogP contribution is -2.62. The van der Waals surface area contributed by atoms with Gasteiger partial charge < -0.3 is 69.7 Å². The van der Waals surface area contributed by atoms with E-state index < -0.39 is 125 Å². The van der Waals surface area contributed by atoms with Gasteiger partial charge in [0.05, 0.1) is 12.1 Å². The molecule has 1 aliphatic rings. The third-order valence-corrected chi connectivity index (χ3v) is 16.9. The molecule has 0 saturated carbocycles. The van der Waals surface area contributed by atoms with Crippen molar-refractivity contribution in [3.63, 3.8) is 0 Å². The summed E-state index contributed by atoms with van der Waals surface area (Å²) in [6.45, 7) is 1.72. The summed E-state index contributed by atoms with van der Waals surface area (Å²) in [5.74, 6) is -12.3. The highest BCUT2D eigenvalue weighted by atomic mass is 35.5. The van der Waals surface area contributed by atoms with Gasteiger partial charge in [0.1, 0.15) is 47.5 Å². The first-order valence-corrected chi connectivity index (χ1v) is 31.0. The van der Waals surface area contributed by atoms with Crippen LogP contribution in [0.4, 0.5) is 0 Å². The Bertz CT molecular complexity index is 3050. The second-order valence-electron chi connectivity index (χ2n) is 21.2. The van der Waals surface area contributed by atoms with E-state index in [1.807, 2.05) is 0 Å². The molecule has 0 unspecified atom stereocenters. The molecular weight excluding hydrogens is 1180 g/mol. The summed E-state index contributed by atoms with van der Waals surface area (Å²) in [5, 5.41) is 50.5. The van der Waals surface area contributed by atoms with Gasteiger partial charge in [-0.05, 0) is 123 Å². The van der Waals surface area contributed by atoms with Gasteiger partial charge in [-0.1, -0.05) is 81.7 Å². The van der Waals surface area contributed by atoms with Gasteiger partial charge in [0, 0.05) is 72.5 Å². The van der Waals surface area contributed by atoms with Crippen molar-refractivity contribution in [2.75, 3.05) is 25.1 Å². The Labute approximate surface area is 516 Å². The molecule has 9 atom stereocenters. The van der Waals surface area contributed by atoms with Crippen molar-refractivity contribution in [3.8, 4) is 11.5 Å². The zero-order valence-electron chi connectivity index (χ0n) is 48.1. The lowest BCUT2D eigenvalue weighted by molar-refractivity contribution is -0.137. The van der Waals surface area contributed by atoms with Crippen molar-refractivity contribution < 1.29 is 68.1 Å². The summed E-state index contributed by atoms with van der Waals surface area (Å²) >= 11 is 6.17. The largest absolute Gasteiger partial charge is 0.508 e. The fourth-order valence-corrected chi connectivity index (χ4v) is 11.8. The van der Waals surface area contributed by atoms with Gasteiger partial charge in [-0.2, -0.15) is 0 Å². The molecule has 5 rings (SSSR count). The van der Waals surface area contributed by atoms with Crippen LogP contribution in [0.1, 0.15) is 84.5 Å². The number of carbonyl (C=O) groups is 11. The zero-order chi connectivity index (χ0) is 63.7. The molecule has 24 nitrogen and oxygen atoms in total. The average Bonchev–Trinajstić information content (AvgIpc) is 2.44. The maximum atomic E-state index is 15.1. The van der Waals surface area contributed by atoms with Crippen LogP contribution in [0.3, 0.4) is 0 Å². The lowest BCUT2D eigenvalue weighted by atomic mass is 9.89. The fourth-order valence-electron chi connectivity index (χ4n) is 9.30. The van der Waals surface area contributed by atoms with Crippen LogP contribution in [0.5, 0.6) is 11.5 Å². The minimum atomic E-state index is -1.78. The number of phenols is 2. The Balaban J connectivity index is 1.63. The molecule has 1 aliphatic heterocycles. The number of halogens is 1. The van der Waals surface area contributed by atoms with Crippen molar-refractivity contribution >= 4 is 97.9 Å².